The lowest BCUT2D eigenvalue weighted by molar-refractivity contribution is -0.149. The van der Waals surface area contributed by atoms with Crippen LogP contribution in [0.1, 0.15) is 97.8 Å². The van der Waals surface area contributed by atoms with Gasteiger partial charge in [0.2, 0.25) is 5.91 Å². The van der Waals surface area contributed by atoms with E-state index in [4.69, 9.17) is 15.2 Å². The third-order valence-electron chi connectivity index (χ3n) is 12.1. The Labute approximate surface area is 240 Å². The number of piperidine rings is 1. The van der Waals surface area contributed by atoms with Gasteiger partial charge < -0.3 is 25.4 Å². The lowest BCUT2D eigenvalue weighted by atomic mass is 9.42. The molecule has 0 aromatic heterocycles. The fourth-order valence-electron chi connectivity index (χ4n) is 9.82. The maximum Gasteiger partial charge on any atom is 0.410 e. The van der Waals surface area contributed by atoms with E-state index < -0.39 is 0 Å². The van der Waals surface area contributed by atoms with E-state index in [1.54, 1.807) is 11.9 Å². The molecule has 0 radical (unpaired) electrons. The molecule has 2 amide bonds. The van der Waals surface area contributed by atoms with Crippen molar-refractivity contribution in [2.24, 2.45) is 40.2 Å². The lowest BCUT2D eigenvalue weighted by Gasteiger charge is -2.64. The first-order valence-corrected chi connectivity index (χ1v) is 15.1. The van der Waals surface area contributed by atoms with Crippen molar-refractivity contribution in [2.75, 3.05) is 20.1 Å². The maximum absolute atomic E-state index is 13.0. The van der Waals surface area contributed by atoms with E-state index in [9.17, 15) is 14.4 Å². The second-order valence-corrected chi connectivity index (χ2v) is 13.7. The number of nitrogens with two attached hydrogens (primary N) is 1. The molecular formula is C30H50ClN3O5. The van der Waals surface area contributed by atoms with Crippen LogP contribution in [-0.2, 0) is 19.1 Å². The molecule has 1 saturated heterocycles. The Bertz CT molecular complexity index is 950. The SMILES string of the molecule is CNC(=O)C[C@H]1CC[C@]2(N)[C@@H]3CC[C@@H]4C[C@@H](OC(=O)N5CCCC(OC(C)=O)C5)CC[C@]4(C)[C@H]3CC[C@]12C.Cl. The molecule has 5 fully saturated rings. The zero-order valence-corrected chi connectivity index (χ0v) is 25.2. The van der Waals surface area contributed by atoms with Crippen LogP contribution < -0.4 is 11.1 Å². The zero-order valence-electron chi connectivity index (χ0n) is 24.3. The number of fused-ring (bicyclic) bond motifs is 5. The monoisotopic (exact) mass is 567 g/mol. The molecule has 0 bridgehead atoms. The number of amides is 2. The van der Waals surface area contributed by atoms with Gasteiger partial charge in [0.25, 0.3) is 0 Å². The first kappa shape index (κ1) is 30.4. The van der Waals surface area contributed by atoms with Crippen molar-refractivity contribution in [3.05, 3.63) is 0 Å². The molecule has 0 aromatic rings. The second kappa shape index (κ2) is 11.4. The van der Waals surface area contributed by atoms with Crippen LogP contribution in [0.3, 0.4) is 0 Å². The highest BCUT2D eigenvalue weighted by atomic mass is 35.5. The summed E-state index contributed by atoms with van der Waals surface area (Å²) in [6.07, 6.45) is 11.2. The molecule has 1 unspecified atom stereocenters. The normalized spacial score (nSPS) is 43.2. The first-order valence-electron chi connectivity index (χ1n) is 15.1. The summed E-state index contributed by atoms with van der Waals surface area (Å²) in [6, 6.07) is 0. The van der Waals surface area contributed by atoms with E-state index >= 15 is 0 Å². The van der Waals surface area contributed by atoms with Crippen molar-refractivity contribution in [3.8, 4) is 0 Å². The number of hydrogen-bond acceptors (Lipinski definition) is 6. The van der Waals surface area contributed by atoms with Crippen molar-refractivity contribution in [1.29, 1.82) is 0 Å². The van der Waals surface area contributed by atoms with E-state index in [1.165, 1.54) is 13.3 Å². The molecule has 4 saturated carbocycles. The standard InChI is InChI=1S/C30H49N3O5.ClH/c1-19(34)37-23-6-5-15-33(18-23)27(36)38-22-10-12-28(2)20(16-22)7-8-25-24(28)11-13-29(3)21(17-26(35)32-4)9-14-30(25,29)31;/h20-25H,5-18,31H2,1-4H3,(H,32,35);1H/t20-,21-,22+,23?,24+,25-,28+,29-,30+;/m1./s1. The number of ether oxygens (including phenoxy) is 2. The number of hydrogen-bond donors (Lipinski definition) is 2. The summed E-state index contributed by atoms with van der Waals surface area (Å²) in [6.45, 7) is 7.37. The molecule has 8 nitrogen and oxygen atoms in total. The molecule has 222 valence electrons. The van der Waals surface area contributed by atoms with Crippen LogP contribution >= 0.6 is 12.4 Å². The summed E-state index contributed by atoms with van der Waals surface area (Å²) < 4.78 is 11.4. The molecule has 3 N–H and O–H groups in total. The number of nitrogens with one attached hydrogen (secondary N) is 1. The molecule has 0 aromatic carbocycles. The fourth-order valence-corrected chi connectivity index (χ4v) is 9.82. The van der Waals surface area contributed by atoms with Gasteiger partial charge in [-0.2, -0.15) is 0 Å². The lowest BCUT2D eigenvalue weighted by Crippen LogP contribution is -2.66. The Morgan fingerprint density at radius 2 is 1.72 bits per heavy atom. The Balaban J connectivity index is 0.00000353. The van der Waals surface area contributed by atoms with Crippen LogP contribution in [0.15, 0.2) is 0 Å². The number of likely N-dealkylation sites (tertiary alicyclic amines) is 1. The summed E-state index contributed by atoms with van der Waals surface area (Å²) in [5.41, 5.74) is 7.47. The summed E-state index contributed by atoms with van der Waals surface area (Å²) >= 11 is 0. The first-order chi connectivity index (χ1) is 18.0. The van der Waals surface area contributed by atoms with Crippen LogP contribution in [0.5, 0.6) is 0 Å². The van der Waals surface area contributed by atoms with E-state index in [0.29, 0.717) is 43.2 Å². The number of carbonyl (C=O) groups excluding carboxylic acids is 3. The van der Waals surface area contributed by atoms with E-state index in [-0.39, 0.29) is 59.0 Å². The Hall–Kier alpha value is -1.54. The van der Waals surface area contributed by atoms with Gasteiger partial charge in [0.15, 0.2) is 0 Å². The predicted octanol–water partition coefficient (Wildman–Crippen LogP) is 4.82. The van der Waals surface area contributed by atoms with Gasteiger partial charge in [-0.25, -0.2) is 4.79 Å². The fraction of sp³-hybridized carbons (Fsp3) is 0.900. The molecule has 4 aliphatic carbocycles. The topological polar surface area (TPSA) is 111 Å². The van der Waals surface area contributed by atoms with Gasteiger partial charge in [0.05, 0.1) is 6.54 Å². The molecule has 5 aliphatic rings. The number of rotatable bonds is 4. The van der Waals surface area contributed by atoms with Crippen molar-refractivity contribution in [3.63, 3.8) is 0 Å². The molecule has 5 rings (SSSR count). The summed E-state index contributed by atoms with van der Waals surface area (Å²) in [5, 5.41) is 2.83. The highest BCUT2D eigenvalue weighted by molar-refractivity contribution is 5.85. The number of esters is 1. The average Bonchev–Trinajstić information content (AvgIpc) is 3.14. The van der Waals surface area contributed by atoms with Crippen molar-refractivity contribution < 1.29 is 23.9 Å². The van der Waals surface area contributed by atoms with Gasteiger partial charge in [-0.1, -0.05) is 13.8 Å². The highest BCUT2D eigenvalue weighted by Gasteiger charge is 2.66. The molecule has 1 heterocycles. The molecule has 9 heteroatoms. The minimum absolute atomic E-state index is 0. The maximum atomic E-state index is 13.0. The van der Waals surface area contributed by atoms with Gasteiger partial charge in [-0.15, -0.1) is 12.4 Å². The van der Waals surface area contributed by atoms with Gasteiger partial charge in [0, 0.05) is 32.5 Å². The van der Waals surface area contributed by atoms with Gasteiger partial charge in [-0.05, 0) is 105 Å². The molecule has 0 spiro atoms. The van der Waals surface area contributed by atoms with E-state index in [0.717, 1.165) is 64.2 Å². The van der Waals surface area contributed by atoms with Gasteiger partial charge >= 0.3 is 12.1 Å². The van der Waals surface area contributed by atoms with Crippen LogP contribution in [0, 0.1) is 34.5 Å². The summed E-state index contributed by atoms with van der Waals surface area (Å²) in [4.78, 5) is 38.4. The number of nitrogens with zero attached hydrogens (tertiary/aromatic N) is 1. The summed E-state index contributed by atoms with van der Waals surface area (Å²) in [7, 11) is 1.73. The molecule has 9 atom stereocenters. The number of halogens is 1. The molecule has 39 heavy (non-hydrogen) atoms. The Kier molecular flexibility index (Phi) is 8.88. The van der Waals surface area contributed by atoms with Gasteiger partial charge in [-0.3, -0.25) is 9.59 Å². The van der Waals surface area contributed by atoms with E-state index in [2.05, 4.69) is 19.2 Å². The minimum Gasteiger partial charge on any atom is -0.461 e. The minimum atomic E-state index is -0.297. The predicted molar refractivity (Wildman–Crippen MR) is 151 cm³/mol. The van der Waals surface area contributed by atoms with Crippen LogP contribution in [0.2, 0.25) is 0 Å². The zero-order chi connectivity index (χ0) is 27.3. The van der Waals surface area contributed by atoms with E-state index in [1.807, 2.05) is 0 Å². The largest absolute Gasteiger partial charge is 0.461 e. The van der Waals surface area contributed by atoms with Crippen molar-refractivity contribution in [2.45, 2.75) is 116 Å². The number of carbonyl (C=O) groups is 3. The van der Waals surface area contributed by atoms with Crippen molar-refractivity contribution >= 4 is 30.4 Å². The quantitative estimate of drug-likeness (QED) is 0.471. The van der Waals surface area contributed by atoms with Crippen LogP contribution in [-0.4, -0.2) is 60.8 Å². The second-order valence-electron chi connectivity index (χ2n) is 13.7. The molecular weight excluding hydrogens is 518 g/mol. The smallest absolute Gasteiger partial charge is 0.410 e. The third kappa shape index (κ3) is 5.29. The molecule has 1 aliphatic heterocycles. The Morgan fingerprint density at radius 3 is 2.44 bits per heavy atom. The van der Waals surface area contributed by atoms with Gasteiger partial charge in [0.1, 0.15) is 12.2 Å². The van der Waals surface area contributed by atoms with Crippen molar-refractivity contribution in [1.82, 2.24) is 10.2 Å². The van der Waals surface area contributed by atoms with Crippen LogP contribution in [0.4, 0.5) is 4.79 Å². The average molecular weight is 568 g/mol. The van der Waals surface area contributed by atoms with Crippen LogP contribution in [0.25, 0.3) is 0 Å². The Morgan fingerprint density at radius 1 is 0.949 bits per heavy atom. The highest BCUT2D eigenvalue weighted by Crippen LogP contribution is 2.68. The third-order valence-corrected chi connectivity index (χ3v) is 12.1. The summed E-state index contributed by atoms with van der Waals surface area (Å²) in [5.74, 6) is 1.85.